The van der Waals surface area contributed by atoms with E-state index in [9.17, 15) is 4.79 Å². The molecule has 6 nitrogen and oxygen atoms in total. The number of anilines is 2. The van der Waals surface area contributed by atoms with E-state index in [0.717, 1.165) is 12.8 Å². The molecular formula is C12H21N5O. The predicted molar refractivity (Wildman–Crippen MR) is 72.9 cm³/mol. The van der Waals surface area contributed by atoms with Crippen LogP contribution in [0.5, 0.6) is 0 Å². The highest BCUT2D eigenvalue weighted by molar-refractivity contribution is 5.89. The van der Waals surface area contributed by atoms with Gasteiger partial charge in [-0.1, -0.05) is 13.8 Å². The van der Waals surface area contributed by atoms with Crippen LogP contribution in [-0.4, -0.2) is 36.1 Å². The predicted octanol–water partition coefficient (Wildman–Crippen LogP) is 1.85. The van der Waals surface area contributed by atoms with Crippen LogP contribution in [-0.2, 0) is 0 Å². The summed E-state index contributed by atoms with van der Waals surface area (Å²) in [5, 5.41) is 5.60. The molecule has 0 aliphatic carbocycles. The van der Waals surface area contributed by atoms with E-state index in [2.05, 4.69) is 20.6 Å². The van der Waals surface area contributed by atoms with Crippen molar-refractivity contribution in [3.8, 4) is 0 Å². The monoisotopic (exact) mass is 251 g/mol. The van der Waals surface area contributed by atoms with E-state index in [0.29, 0.717) is 11.6 Å². The van der Waals surface area contributed by atoms with Gasteiger partial charge in [-0.05, 0) is 12.8 Å². The van der Waals surface area contributed by atoms with Gasteiger partial charge in [0.1, 0.15) is 0 Å². The molecule has 100 valence electrons. The summed E-state index contributed by atoms with van der Waals surface area (Å²) in [7, 11) is 3.73. The first-order chi connectivity index (χ1) is 8.56. The van der Waals surface area contributed by atoms with E-state index in [1.807, 2.05) is 27.9 Å². The third-order valence-electron chi connectivity index (χ3n) is 2.62. The maximum absolute atomic E-state index is 11.7. The van der Waals surface area contributed by atoms with Crippen LogP contribution in [0.25, 0.3) is 0 Å². The van der Waals surface area contributed by atoms with Crippen molar-refractivity contribution in [1.29, 1.82) is 0 Å². The molecule has 0 saturated carbocycles. The first-order valence-corrected chi connectivity index (χ1v) is 6.13. The van der Waals surface area contributed by atoms with Gasteiger partial charge in [0.2, 0.25) is 5.95 Å². The number of urea groups is 1. The van der Waals surface area contributed by atoms with Gasteiger partial charge in [0.05, 0.1) is 18.1 Å². The molecule has 6 heteroatoms. The molecule has 18 heavy (non-hydrogen) atoms. The van der Waals surface area contributed by atoms with E-state index in [-0.39, 0.29) is 12.1 Å². The maximum atomic E-state index is 11.7. The number of nitrogens with one attached hydrogen (secondary N) is 2. The fraction of sp³-hybridized carbons (Fsp3) is 0.583. The fourth-order valence-electron chi connectivity index (χ4n) is 1.46. The zero-order valence-corrected chi connectivity index (χ0v) is 11.4. The van der Waals surface area contributed by atoms with E-state index in [4.69, 9.17) is 0 Å². The third-order valence-corrected chi connectivity index (χ3v) is 2.62. The highest BCUT2D eigenvalue weighted by Gasteiger charge is 2.08. The van der Waals surface area contributed by atoms with Gasteiger partial charge in [-0.2, -0.15) is 0 Å². The number of carbonyl (C=O) groups excluding carboxylic acids is 1. The molecule has 0 bridgehead atoms. The number of aromatic nitrogens is 2. The minimum Gasteiger partial charge on any atom is -0.347 e. The number of hydrogen-bond donors (Lipinski definition) is 2. The van der Waals surface area contributed by atoms with Crippen LogP contribution in [0.3, 0.4) is 0 Å². The Bertz CT molecular complexity index is 373. The molecule has 0 atom stereocenters. The summed E-state index contributed by atoms with van der Waals surface area (Å²) in [4.78, 5) is 21.7. The smallest absolute Gasteiger partial charge is 0.319 e. The topological polar surface area (TPSA) is 70.2 Å². The summed E-state index contributed by atoms with van der Waals surface area (Å²) in [5.41, 5.74) is 0.587. The molecule has 0 aromatic carbocycles. The standard InChI is InChI=1S/C12H21N5O/c1-5-9(6-2)15-12(18)16-10-7-13-11(14-8-10)17(3)4/h7-9H,5-6H2,1-4H3,(H2,15,16,18). The lowest BCUT2D eigenvalue weighted by Crippen LogP contribution is -2.37. The molecule has 2 amide bonds. The van der Waals surface area contributed by atoms with Gasteiger partial charge in [-0.3, -0.25) is 0 Å². The van der Waals surface area contributed by atoms with Crippen molar-refractivity contribution in [3.63, 3.8) is 0 Å². The number of amides is 2. The largest absolute Gasteiger partial charge is 0.347 e. The summed E-state index contributed by atoms with van der Waals surface area (Å²) < 4.78 is 0. The summed E-state index contributed by atoms with van der Waals surface area (Å²) in [6, 6.07) is -0.0168. The van der Waals surface area contributed by atoms with Crippen molar-refractivity contribution in [2.75, 3.05) is 24.3 Å². The zero-order chi connectivity index (χ0) is 13.5. The molecule has 0 unspecified atom stereocenters. The van der Waals surface area contributed by atoms with Crippen molar-refractivity contribution >= 4 is 17.7 Å². The molecule has 0 spiro atoms. The van der Waals surface area contributed by atoms with Gasteiger partial charge in [0, 0.05) is 20.1 Å². The second-order valence-corrected chi connectivity index (χ2v) is 4.28. The van der Waals surface area contributed by atoms with E-state index < -0.39 is 0 Å². The van der Waals surface area contributed by atoms with Crippen molar-refractivity contribution in [2.24, 2.45) is 0 Å². The van der Waals surface area contributed by atoms with E-state index >= 15 is 0 Å². The van der Waals surface area contributed by atoms with Gasteiger partial charge >= 0.3 is 6.03 Å². The second-order valence-electron chi connectivity index (χ2n) is 4.28. The quantitative estimate of drug-likeness (QED) is 0.838. The summed E-state index contributed by atoms with van der Waals surface area (Å²) in [6.07, 6.45) is 5.02. The lowest BCUT2D eigenvalue weighted by atomic mass is 10.2. The van der Waals surface area contributed by atoms with E-state index in [1.165, 1.54) is 0 Å². The molecule has 0 radical (unpaired) electrons. The Balaban J connectivity index is 2.54. The first-order valence-electron chi connectivity index (χ1n) is 6.13. The minimum absolute atomic E-state index is 0.201. The maximum Gasteiger partial charge on any atom is 0.319 e. The highest BCUT2D eigenvalue weighted by atomic mass is 16.2. The zero-order valence-electron chi connectivity index (χ0n) is 11.4. The van der Waals surface area contributed by atoms with Crippen LogP contribution >= 0.6 is 0 Å². The van der Waals surface area contributed by atoms with Crippen molar-refractivity contribution in [2.45, 2.75) is 32.7 Å². The Morgan fingerprint density at radius 3 is 2.28 bits per heavy atom. The Hall–Kier alpha value is -1.85. The molecule has 0 saturated heterocycles. The molecule has 0 aliphatic rings. The molecular weight excluding hydrogens is 230 g/mol. The Morgan fingerprint density at radius 2 is 1.83 bits per heavy atom. The molecule has 0 aliphatic heterocycles. The Kier molecular flexibility index (Phi) is 5.35. The van der Waals surface area contributed by atoms with Crippen molar-refractivity contribution in [1.82, 2.24) is 15.3 Å². The first kappa shape index (κ1) is 14.2. The van der Waals surface area contributed by atoms with E-state index in [1.54, 1.807) is 17.3 Å². The average Bonchev–Trinajstić information content (AvgIpc) is 2.36. The van der Waals surface area contributed by atoms with Crippen LogP contribution < -0.4 is 15.5 Å². The fourth-order valence-corrected chi connectivity index (χ4v) is 1.46. The van der Waals surface area contributed by atoms with Crippen LogP contribution in [0.1, 0.15) is 26.7 Å². The van der Waals surface area contributed by atoms with Crippen LogP contribution in [0, 0.1) is 0 Å². The SMILES string of the molecule is CCC(CC)NC(=O)Nc1cnc(N(C)C)nc1. The highest BCUT2D eigenvalue weighted by Crippen LogP contribution is 2.07. The molecule has 2 N–H and O–H groups in total. The molecule has 1 aromatic heterocycles. The summed E-state index contributed by atoms with van der Waals surface area (Å²) in [6.45, 7) is 4.09. The van der Waals surface area contributed by atoms with Gasteiger partial charge in [0.25, 0.3) is 0 Å². The van der Waals surface area contributed by atoms with Crippen LogP contribution in [0.15, 0.2) is 12.4 Å². The molecule has 0 fully saturated rings. The average molecular weight is 251 g/mol. The minimum atomic E-state index is -0.218. The van der Waals surface area contributed by atoms with Gasteiger partial charge in [-0.25, -0.2) is 14.8 Å². The lowest BCUT2D eigenvalue weighted by Gasteiger charge is -2.15. The number of hydrogen-bond acceptors (Lipinski definition) is 4. The summed E-state index contributed by atoms with van der Waals surface area (Å²) >= 11 is 0. The van der Waals surface area contributed by atoms with Crippen molar-refractivity contribution in [3.05, 3.63) is 12.4 Å². The lowest BCUT2D eigenvalue weighted by molar-refractivity contribution is 0.247. The molecule has 1 rings (SSSR count). The molecule has 1 aromatic rings. The summed E-state index contributed by atoms with van der Waals surface area (Å²) in [5.74, 6) is 0.612. The van der Waals surface area contributed by atoms with Crippen LogP contribution in [0.4, 0.5) is 16.4 Å². The normalized spacial score (nSPS) is 10.3. The Labute approximate surface area is 108 Å². The Morgan fingerprint density at radius 1 is 1.28 bits per heavy atom. The molecule has 1 heterocycles. The van der Waals surface area contributed by atoms with Gasteiger partial charge < -0.3 is 15.5 Å². The number of nitrogens with zero attached hydrogens (tertiary/aromatic N) is 3. The second kappa shape index (κ2) is 6.78. The number of rotatable bonds is 5. The van der Waals surface area contributed by atoms with Gasteiger partial charge in [-0.15, -0.1) is 0 Å². The number of carbonyl (C=O) groups is 1. The third kappa shape index (κ3) is 4.20. The van der Waals surface area contributed by atoms with Gasteiger partial charge in [0.15, 0.2) is 0 Å². The van der Waals surface area contributed by atoms with Crippen LogP contribution in [0.2, 0.25) is 0 Å². The van der Waals surface area contributed by atoms with Crippen molar-refractivity contribution < 1.29 is 4.79 Å².